The minimum atomic E-state index is -0.487. The number of carbonyl (C=O) groups is 2. The third-order valence-corrected chi connectivity index (χ3v) is 5.50. The first kappa shape index (κ1) is 19.2. The lowest BCUT2D eigenvalue weighted by atomic mass is 9.95. The zero-order chi connectivity index (χ0) is 17.9. The average molecular weight is 417 g/mol. The van der Waals surface area contributed by atoms with Crippen molar-refractivity contribution in [1.82, 2.24) is 9.80 Å². The summed E-state index contributed by atoms with van der Waals surface area (Å²) in [7, 11) is 1.84. The normalized spacial score (nSPS) is 16.1. The van der Waals surface area contributed by atoms with Crippen LogP contribution in [-0.4, -0.2) is 47.5 Å². The van der Waals surface area contributed by atoms with Gasteiger partial charge in [0, 0.05) is 30.9 Å². The van der Waals surface area contributed by atoms with Gasteiger partial charge in [-0.05, 0) is 61.7 Å². The van der Waals surface area contributed by atoms with Crippen molar-refractivity contribution < 1.29 is 14.3 Å². The molecule has 0 aliphatic carbocycles. The molecule has 0 unspecified atom stereocenters. The van der Waals surface area contributed by atoms with Gasteiger partial charge in [0.05, 0.1) is 10.3 Å². The molecule has 1 aliphatic rings. The molecule has 0 aromatic carbocycles. The van der Waals surface area contributed by atoms with E-state index in [1.165, 1.54) is 0 Å². The van der Waals surface area contributed by atoms with E-state index < -0.39 is 5.60 Å². The first-order chi connectivity index (χ1) is 11.2. The molecule has 134 valence electrons. The molecule has 2 heterocycles. The van der Waals surface area contributed by atoms with Gasteiger partial charge in [-0.3, -0.25) is 4.79 Å². The summed E-state index contributed by atoms with van der Waals surface area (Å²) in [6.45, 7) is 7.35. The number of halogens is 1. The Balaban J connectivity index is 1.82. The van der Waals surface area contributed by atoms with Crippen LogP contribution in [0.5, 0.6) is 0 Å². The molecule has 1 aliphatic heterocycles. The molecular formula is C17H25BrN2O3S. The van der Waals surface area contributed by atoms with Crippen LogP contribution in [0.15, 0.2) is 15.9 Å². The standard InChI is InChI=1S/C17H25BrN2O3S/c1-17(2,3)23-16(22)20-9-7-12(8-10-20)15(21)19(4)11-13-5-6-14(18)24-13/h5-6,12H,7-11H2,1-4H3. The molecular weight excluding hydrogens is 392 g/mol. The number of hydrogen-bond acceptors (Lipinski definition) is 4. The topological polar surface area (TPSA) is 49.9 Å². The van der Waals surface area contributed by atoms with E-state index in [1.54, 1.807) is 21.1 Å². The monoisotopic (exact) mass is 416 g/mol. The lowest BCUT2D eigenvalue weighted by Crippen LogP contribution is -2.45. The van der Waals surface area contributed by atoms with E-state index in [2.05, 4.69) is 15.9 Å². The Kier molecular flexibility index (Phi) is 6.31. The van der Waals surface area contributed by atoms with Crippen molar-refractivity contribution >= 4 is 39.3 Å². The number of ether oxygens (including phenoxy) is 1. The zero-order valence-corrected chi connectivity index (χ0v) is 17.1. The van der Waals surface area contributed by atoms with E-state index >= 15 is 0 Å². The van der Waals surface area contributed by atoms with Crippen LogP contribution in [0.25, 0.3) is 0 Å². The van der Waals surface area contributed by atoms with Gasteiger partial charge < -0.3 is 14.5 Å². The zero-order valence-electron chi connectivity index (χ0n) is 14.7. The van der Waals surface area contributed by atoms with Crippen LogP contribution in [-0.2, 0) is 16.1 Å². The van der Waals surface area contributed by atoms with Crippen LogP contribution in [0, 0.1) is 5.92 Å². The predicted molar refractivity (Wildman–Crippen MR) is 99.0 cm³/mol. The fourth-order valence-electron chi connectivity index (χ4n) is 2.70. The quantitative estimate of drug-likeness (QED) is 0.744. The SMILES string of the molecule is CN(Cc1ccc(Br)s1)C(=O)C1CCN(C(=O)OC(C)(C)C)CC1. The molecule has 2 amide bonds. The van der Waals surface area contributed by atoms with Crippen molar-refractivity contribution in [2.24, 2.45) is 5.92 Å². The number of rotatable bonds is 3. The largest absolute Gasteiger partial charge is 0.444 e. The number of amides is 2. The second kappa shape index (κ2) is 7.87. The molecule has 0 atom stereocenters. The third kappa shape index (κ3) is 5.48. The van der Waals surface area contributed by atoms with Crippen LogP contribution in [0.4, 0.5) is 4.79 Å². The summed E-state index contributed by atoms with van der Waals surface area (Å²) in [6, 6.07) is 4.03. The highest BCUT2D eigenvalue weighted by molar-refractivity contribution is 9.11. The van der Waals surface area contributed by atoms with Crippen LogP contribution < -0.4 is 0 Å². The van der Waals surface area contributed by atoms with Crippen molar-refractivity contribution in [3.63, 3.8) is 0 Å². The lowest BCUT2D eigenvalue weighted by Gasteiger charge is -2.34. The summed E-state index contributed by atoms with van der Waals surface area (Å²) in [6.07, 6.45) is 1.10. The number of nitrogens with zero attached hydrogens (tertiary/aromatic N) is 2. The van der Waals surface area contributed by atoms with Crippen molar-refractivity contribution in [3.8, 4) is 0 Å². The second-order valence-corrected chi connectivity index (χ2v) is 9.69. The molecule has 0 radical (unpaired) electrons. The van der Waals surface area contributed by atoms with Crippen molar-refractivity contribution in [3.05, 3.63) is 20.8 Å². The summed E-state index contributed by atoms with van der Waals surface area (Å²) in [5.41, 5.74) is -0.487. The van der Waals surface area contributed by atoms with Gasteiger partial charge in [-0.1, -0.05) is 0 Å². The van der Waals surface area contributed by atoms with Crippen molar-refractivity contribution in [2.45, 2.75) is 45.8 Å². The van der Waals surface area contributed by atoms with Gasteiger partial charge in [0.2, 0.25) is 5.91 Å². The molecule has 0 bridgehead atoms. The number of likely N-dealkylation sites (tertiary alicyclic amines) is 1. The maximum atomic E-state index is 12.6. The molecule has 1 fully saturated rings. The second-order valence-electron chi connectivity index (χ2n) is 7.14. The molecule has 2 rings (SSSR count). The van der Waals surface area contributed by atoms with Crippen molar-refractivity contribution in [1.29, 1.82) is 0 Å². The van der Waals surface area contributed by atoms with E-state index in [4.69, 9.17) is 4.74 Å². The fraction of sp³-hybridized carbons (Fsp3) is 0.647. The molecule has 1 aromatic heterocycles. The molecule has 24 heavy (non-hydrogen) atoms. The van der Waals surface area contributed by atoms with E-state index in [0.29, 0.717) is 32.5 Å². The van der Waals surface area contributed by atoms with Gasteiger partial charge in [-0.2, -0.15) is 0 Å². The van der Waals surface area contributed by atoms with Crippen LogP contribution in [0.2, 0.25) is 0 Å². The van der Waals surface area contributed by atoms with Gasteiger partial charge in [0.25, 0.3) is 0 Å². The highest BCUT2D eigenvalue weighted by Crippen LogP contribution is 2.25. The molecule has 0 saturated carbocycles. The first-order valence-corrected chi connectivity index (χ1v) is 9.74. The highest BCUT2D eigenvalue weighted by Gasteiger charge is 2.31. The summed E-state index contributed by atoms with van der Waals surface area (Å²) >= 11 is 5.09. The molecule has 5 nitrogen and oxygen atoms in total. The maximum Gasteiger partial charge on any atom is 0.410 e. The summed E-state index contributed by atoms with van der Waals surface area (Å²) in [4.78, 5) is 29.3. The van der Waals surface area contributed by atoms with Gasteiger partial charge in [-0.15, -0.1) is 11.3 Å². The third-order valence-electron chi connectivity index (χ3n) is 3.89. The van der Waals surface area contributed by atoms with Crippen LogP contribution >= 0.6 is 27.3 Å². The molecule has 1 saturated heterocycles. The fourth-order valence-corrected chi connectivity index (χ4v) is 4.23. The van der Waals surface area contributed by atoms with E-state index in [9.17, 15) is 9.59 Å². The Morgan fingerprint density at radius 3 is 2.46 bits per heavy atom. The Morgan fingerprint density at radius 2 is 1.96 bits per heavy atom. The molecule has 0 spiro atoms. The van der Waals surface area contributed by atoms with Gasteiger partial charge in [0.1, 0.15) is 5.60 Å². The summed E-state index contributed by atoms with van der Waals surface area (Å²) in [5, 5.41) is 0. The number of carbonyl (C=O) groups excluding carboxylic acids is 2. The Hall–Kier alpha value is -1.08. The van der Waals surface area contributed by atoms with Crippen LogP contribution in [0.1, 0.15) is 38.5 Å². The van der Waals surface area contributed by atoms with Crippen LogP contribution in [0.3, 0.4) is 0 Å². The maximum absolute atomic E-state index is 12.6. The Bertz CT molecular complexity index is 589. The molecule has 1 aromatic rings. The van der Waals surface area contributed by atoms with Gasteiger partial charge in [-0.25, -0.2) is 4.79 Å². The van der Waals surface area contributed by atoms with E-state index in [0.717, 1.165) is 8.66 Å². The minimum absolute atomic E-state index is 0.0166. The predicted octanol–water partition coefficient (Wildman–Crippen LogP) is 4.12. The van der Waals surface area contributed by atoms with Gasteiger partial charge in [0.15, 0.2) is 0 Å². The number of hydrogen-bond donors (Lipinski definition) is 0. The molecule has 0 N–H and O–H groups in total. The van der Waals surface area contributed by atoms with E-state index in [1.807, 2.05) is 40.0 Å². The van der Waals surface area contributed by atoms with E-state index in [-0.39, 0.29) is 17.9 Å². The minimum Gasteiger partial charge on any atom is -0.444 e. The summed E-state index contributed by atoms with van der Waals surface area (Å²) < 4.78 is 6.46. The first-order valence-electron chi connectivity index (χ1n) is 8.13. The molecule has 7 heteroatoms. The Labute approximate surface area is 156 Å². The number of thiophene rings is 1. The van der Waals surface area contributed by atoms with Gasteiger partial charge >= 0.3 is 6.09 Å². The van der Waals surface area contributed by atoms with Crippen molar-refractivity contribution in [2.75, 3.05) is 20.1 Å². The average Bonchev–Trinajstić information content (AvgIpc) is 2.90. The summed E-state index contributed by atoms with van der Waals surface area (Å²) in [5.74, 6) is 0.139. The smallest absolute Gasteiger partial charge is 0.410 e. The highest BCUT2D eigenvalue weighted by atomic mass is 79.9. The Morgan fingerprint density at radius 1 is 1.33 bits per heavy atom. The lowest BCUT2D eigenvalue weighted by molar-refractivity contribution is -0.136. The number of piperidine rings is 1.